The average Bonchev–Trinajstić information content (AvgIpc) is 3.11. The molecule has 0 atom stereocenters. The number of allylic oxidation sites excluding steroid dienone is 1. The average molecular weight is 339 g/mol. The van der Waals surface area contributed by atoms with Crippen LogP contribution in [0.1, 0.15) is 54.0 Å². The van der Waals surface area contributed by atoms with Crippen LogP contribution in [0.2, 0.25) is 0 Å². The number of amides is 1. The van der Waals surface area contributed by atoms with Crippen molar-refractivity contribution in [2.45, 2.75) is 51.2 Å². The molecule has 4 nitrogen and oxygen atoms in total. The van der Waals surface area contributed by atoms with Gasteiger partial charge in [0.1, 0.15) is 18.1 Å². The van der Waals surface area contributed by atoms with E-state index in [0.29, 0.717) is 18.1 Å². The summed E-state index contributed by atoms with van der Waals surface area (Å²) in [6.07, 6.45) is 8.36. The molecule has 0 bridgehead atoms. The molecule has 0 radical (unpaired) electrons. The molecule has 1 aromatic heterocycles. The fraction of sp³-hybridized carbons (Fsp3) is 0.381. The first-order valence-corrected chi connectivity index (χ1v) is 8.97. The number of para-hydroxylation sites is 1. The summed E-state index contributed by atoms with van der Waals surface area (Å²) >= 11 is 0. The highest BCUT2D eigenvalue weighted by molar-refractivity contribution is 5.91. The molecule has 1 N–H and O–H groups in total. The van der Waals surface area contributed by atoms with Crippen LogP contribution in [0.4, 0.5) is 0 Å². The minimum Gasteiger partial charge on any atom is -0.485 e. The number of furan rings is 1. The topological polar surface area (TPSA) is 51.5 Å². The predicted octanol–water partition coefficient (Wildman–Crippen LogP) is 4.65. The van der Waals surface area contributed by atoms with Crippen molar-refractivity contribution < 1.29 is 13.9 Å². The number of ether oxygens (including phenoxy) is 1. The number of carbonyl (C=O) groups excluding carboxylic acids is 1. The Morgan fingerprint density at radius 2 is 2.00 bits per heavy atom. The van der Waals surface area contributed by atoms with E-state index >= 15 is 0 Å². The van der Waals surface area contributed by atoms with E-state index in [1.54, 1.807) is 12.1 Å². The van der Waals surface area contributed by atoms with Gasteiger partial charge in [0.15, 0.2) is 5.76 Å². The van der Waals surface area contributed by atoms with Crippen molar-refractivity contribution in [1.29, 1.82) is 0 Å². The molecule has 3 rings (SSSR count). The highest BCUT2D eigenvalue weighted by Gasteiger charge is 2.18. The summed E-state index contributed by atoms with van der Waals surface area (Å²) in [5, 5.41) is 3.06. The number of nitrogens with one attached hydrogen (secondary N) is 1. The summed E-state index contributed by atoms with van der Waals surface area (Å²) < 4.78 is 11.5. The van der Waals surface area contributed by atoms with E-state index in [-0.39, 0.29) is 11.9 Å². The molecule has 0 spiro atoms. The summed E-state index contributed by atoms with van der Waals surface area (Å²) in [6, 6.07) is 11.6. The maximum absolute atomic E-state index is 12.3. The first kappa shape index (κ1) is 17.3. The molecule has 4 heteroatoms. The smallest absolute Gasteiger partial charge is 0.287 e. The number of carbonyl (C=O) groups is 1. The van der Waals surface area contributed by atoms with E-state index in [4.69, 9.17) is 9.15 Å². The van der Waals surface area contributed by atoms with Gasteiger partial charge in [-0.05, 0) is 43.0 Å². The van der Waals surface area contributed by atoms with E-state index in [0.717, 1.165) is 30.6 Å². The van der Waals surface area contributed by atoms with Crippen LogP contribution in [-0.2, 0) is 13.0 Å². The van der Waals surface area contributed by atoms with E-state index in [1.807, 2.05) is 30.3 Å². The lowest BCUT2D eigenvalue weighted by atomic mass is 9.95. The van der Waals surface area contributed by atoms with Crippen LogP contribution in [-0.4, -0.2) is 11.9 Å². The molecule has 1 aromatic carbocycles. The van der Waals surface area contributed by atoms with Gasteiger partial charge in [0, 0.05) is 6.04 Å². The maximum Gasteiger partial charge on any atom is 0.287 e. The molecule has 1 aliphatic rings. The summed E-state index contributed by atoms with van der Waals surface area (Å²) in [6.45, 7) is 4.06. The molecule has 1 fully saturated rings. The minimum absolute atomic E-state index is 0.134. The summed E-state index contributed by atoms with van der Waals surface area (Å²) in [5.74, 6) is 1.67. The molecule has 1 amide bonds. The molecule has 0 unspecified atom stereocenters. The molecule has 1 heterocycles. The predicted molar refractivity (Wildman–Crippen MR) is 97.7 cm³/mol. The van der Waals surface area contributed by atoms with Gasteiger partial charge in [-0.2, -0.15) is 0 Å². The van der Waals surface area contributed by atoms with Crippen molar-refractivity contribution in [3.8, 4) is 5.75 Å². The van der Waals surface area contributed by atoms with Crippen molar-refractivity contribution in [2.24, 2.45) is 0 Å². The monoisotopic (exact) mass is 339 g/mol. The molecule has 0 saturated heterocycles. The largest absolute Gasteiger partial charge is 0.485 e. The molecular formula is C21H25NO3. The van der Waals surface area contributed by atoms with Gasteiger partial charge < -0.3 is 14.5 Å². The Balaban J connectivity index is 1.56. The fourth-order valence-electron chi connectivity index (χ4n) is 3.20. The lowest BCUT2D eigenvalue weighted by Crippen LogP contribution is -2.35. The van der Waals surface area contributed by atoms with Gasteiger partial charge in [0.25, 0.3) is 5.91 Å². The number of rotatable bonds is 7. The van der Waals surface area contributed by atoms with Crippen molar-refractivity contribution >= 4 is 5.91 Å². The first-order chi connectivity index (χ1) is 12.3. The van der Waals surface area contributed by atoms with Crippen molar-refractivity contribution in [1.82, 2.24) is 5.32 Å². The Kier molecular flexibility index (Phi) is 5.94. The van der Waals surface area contributed by atoms with E-state index in [2.05, 4.69) is 11.9 Å². The SMILES string of the molecule is C=CCc1ccccc1OCc1ccc(C(=O)NC2CCCCC2)o1. The zero-order valence-electron chi connectivity index (χ0n) is 14.5. The number of benzene rings is 1. The standard InChI is InChI=1S/C21H25NO3/c1-2-8-16-9-6-7-12-19(16)24-15-18-13-14-20(25-18)21(23)22-17-10-4-3-5-11-17/h2,6-7,9,12-14,17H,1,3-5,8,10-11,15H2,(H,22,23). The third kappa shape index (κ3) is 4.75. The Bertz CT molecular complexity index is 713. The molecule has 0 aliphatic heterocycles. The third-order valence-electron chi connectivity index (χ3n) is 4.53. The van der Waals surface area contributed by atoms with Gasteiger partial charge in [0.05, 0.1) is 0 Å². The van der Waals surface area contributed by atoms with Gasteiger partial charge >= 0.3 is 0 Å². The van der Waals surface area contributed by atoms with Gasteiger partial charge in [-0.1, -0.05) is 43.5 Å². The summed E-state index contributed by atoms with van der Waals surface area (Å²) in [4.78, 5) is 12.3. The van der Waals surface area contributed by atoms with Crippen LogP contribution < -0.4 is 10.1 Å². The van der Waals surface area contributed by atoms with E-state index in [1.165, 1.54) is 19.3 Å². The van der Waals surface area contributed by atoms with Crippen molar-refractivity contribution in [3.05, 3.63) is 66.1 Å². The molecule has 1 saturated carbocycles. The molecule has 1 aliphatic carbocycles. The first-order valence-electron chi connectivity index (χ1n) is 8.97. The molecule has 25 heavy (non-hydrogen) atoms. The van der Waals surface area contributed by atoms with Gasteiger partial charge in [-0.15, -0.1) is 6.58 Å². The Labute approximate surface area is 148 Å². The van der Waals surface area contributed by atoms with Crippen LogP contribution >= 0.6 is 0 Å². The van der Waals surface area contributed by atoms with Gasteiger partial charge in [-0.3, -0.25) is 4.79 Å². The Morgan fingerprint density at radius 1 is 1.20 bits per heavy atom. The maximum atomic E-state index is 12.3. The molecule has 132 valence electrons. The second-order valence-corrected chi connectivity index (χ2v) is 6.46. The second kappa shape index (κ2) is 8.56. The minimum atomic E-state index is -0.134. The number of hydrogen-bond donors (Lipinski definition) is 1. The third-order valence-corrected chi connectivity index (χ3v) is 4.53. The normalized spacial score (nSPS) is 14.9. The van der Waals surface area contributed by atoms with E-state index < -0.39 is 0 Å². The highest BCUT2D eigenvalue weighted by atomic mass is 16.5. The van der Waals surface area contributed by atoms with Crippen LogP contribution in [0, 0.1) is 0 Å². The van der Waals surface area contributed by atoms with E-state index in [9.17, 15) is 4.79 Å². The van der Waals surface area contributed by atoms with Crippen LogP contribution in [0.3, 0.4) is 0 Å². The zero-order chi connectivity index (χ0) is 17.5. The Hall–Kier alpha value is -2.49. The van der Waals surface area contributed by atoms with Crippen LogP contribution in [0.5, 0.6) is 5.75 Å². The van der Waals surface area contributed by atoms with Crippen molar-refractivity contribution in [3.63, 3.8) is 0 Å². The summed E-state index contributed by atoms with van der Waals surface area (Å²) in [5.41, 5.74) is 1.08. The zero-order valence-corrected chi connectivity index (χ0v) is 14.5. The van der Waals surface area contributed by atoms with Crippen LogP contribution in [0.15, 0.2) is 53.5 Å². The molecule has 2 aromatic rings. The lowest BCUT2D eigenvalue weighted by molar-refractivity contribution is 0.0895. The summed E-state index contributed by atoms with van der Waals surface area (Å²) in [7, 11) is 0. The fourth-order valence-corrected chi connectivity index (χ4v) is 3.20. The van der Waals surface area contributed by atoms with Crippen molar-refractivity contribution in [2.75, 3.05) is 0 Å². The number of hydrogen-bond acceptors (Lipinski definition) is 3. The van der Waals surface area contributed by atoms with Crippen LogP contribution in [0.25, 0.3) is 0 Å². The Morgan fingerprint density at radius 3 is 2.80 bits per heavy atom. The lowest BCUT2D eigenvalue weighted by Gasteiger charge is -2.22. The highest BCUT2D eigenvalue weighted by Crippen LogP contribution is 2.21. The quantitative estimate of drug-likeness (QED) is 0.747. The molecular weight excluding hydrogens is 314 g/mol. The second-order valence-electron chi connectivity index (χ2n) is 6.46. The van der Waals surface area contributed by atoms with Gasteiger partial charge in [0.2, 0.25) is 0 Å². The van der Waals surface area contributed by atoms with Gasteiger partial charge in [-0.25, -0.2) is 0 Å².